The molecule has 3 rings (SSSR count). The van der Waals surface area contributed by atoms with Gasteiger partial charge in [0, 0.05) is 44.0 Å². The summed E-state index contributed by atoms with van der Waals surface area (Å²) in [4.78, 5) is 14.8. The van der Waals surface area contributed by atoms with E-state index < -0.39 is 10.0 Å². The fraction of sp³-hybridized carbons (Fsp3) is 0.381. The Morgan fingerprint density at radius 2 is 1.71 bits per heavy atom. The number of hydrogen-bond acceptors (Lipinski definition) is 4. The van der Waals surface area contributed by atoms with Crippen LogP contribution in [0.25, 0.3) is 0 Å². The van der Waals surface area contributed by atoms with E-state index >= 15 is 0 Å². The molecule has 2 aromatic rings. The van der Waals surface area contributed by atoms with Crippen LogP contribution in [0.5, 0.6) is 0 Å². The fourth-order valence-corrected chi connectivity index (χ4v) is 4.34. The fourth-order valence-electron chi connectivity index (χ4n) is 3.26. The minimum absolute atomic E-state index is 0.135. The molecule has 150 valence electrons. The molecule has 1 heterocycles. The highest BCUT2D eigenvalue weighted by Crippen LogP contribution is 2.15. The van der Waals surface area contributed by atoms with E-state index in [1.807, 2.05) is 49.4 Å². The maximum atomic E-state index is 12.5. The number of sulfonamides is 1. The van der Waals surface area contributed by atoms with E-state index in [9.17, 15) is 13.2 Å². The van der Waals surface area contributed by atoms with Crippen LogP contribution in [0, 0.1) is 6.92 Å². The summed E-state index contributed by atoms with van der Waals surface area (Å²) in [7, 11) is -3.11. The Bertz CT molecular complexity index is 918. The second-order valence-corrected chi connectivity index (χ2v) is 9.35. The number of benzene rings is 2. The van der Waals surface area contributed by atoms with E-state index in [1.165, 1.54) is 0 Å². The van der Waals surface area contributed by atoms with E-state index in [4.69, 9.17) is 0 Å². The molecule has 7 heteroatoms. The lowest BCUT2D eigenvalue weighted by molar-refractivity contribution is 0.102. The predicted molar refractivity (Wildman–Crippen MR) is 112 cm³/mol. The van der Waals surface area contributed by atoms with Crippen LogP contribution >= 0.6 is 0 Å². The van der Waals surface area contributed by atoms with Crippen molar-refractivity contribution in [1.29, 1.82) is 0 Å². The number of nitrogens with zero attached hydrogens (tertiary/aromatic N) is 2. The first-order valence-electron chi connectivity index (χ1n) is 9.54. The average molecular weight is 402 g/mol. The summed E-state index contributed by atoms with van der Waals surface area (Å²) < 4.78 is 25.5. The maximum absolute atomic E-state index is 12.5. The van der Waals surface area contributed by atoms with Crippen molar-refractivity contribution in [3.8, 4) is 0 Å². The summed E-state index contributed by atoms with van der Waals surface area (Å²) in [6.45, 7) is 6.80. The standard InChI is InChI=1S/C21H27N3O3S/c1-3-28(26,27)24-13-11-23(12-14-24)16-18-5-4-6-19(15-18)21(25)22-20-9-7-17(2)8-10-20/h4-10,15H,3,11-14,16H2,1-2H3,(H,22,25). The van der Waals surface area contributed by atoms with Gasteiger partial charge in [0.2, 0.25) is 10.0 Å². The van der Waals surface area contributed by atoms with Crippen LogP contribution in [0.3, 0.4) is 0 Å². The number of anilines is 1. The van der Waals surface area contributed by atoms with Crippen LogP contribution in [0.1, 0.15) is 28.4 Å². The smallest absolute Gasteiger partial charge is 0.255 e. The van der Waals surface area contributed by atoms with Crippen molar-refractivity contribution in [3.05, 3.63) is 65.2 Å². The second kappa shape index (κ2) is 8.86. The molecule has 2 aromatic carbocycles. The molecule has 0 saturated carbocycles. The zero-order valence-electron chi connectivity index (χ0n) is 16.4. The Balaban J connectivity index is 1.59. The van der Waals surface area contributed by atoms with Gasteiger partial charge in [0.1, 0.15) is 0 Å². The van der Waals surface area contributed by atoms with E-state index in [1.54, 1.807) is 17.3 Å². The Labute approximate surface area is 167 Å². The number of carbonyl (C=O) groups excluding carboxylic acids is 1. The van der Waals surface area contributed by atoms with Crippen LogP contribution in [0.4, 0.5) is 5.69 Å². The third kappa shape index (κ3) is 5.19. The van der Waals surface area contributed by atoms with Gasteiger partial charge in [-0.25, -0.2) is 8.42 Å². The van der Waals surface area contributed by atoms with Gasteiger partial charge in [0.05, 0.1) is 5.75 Å². The molecule has 1 N–H and O–H groups in total. The van der Waals surface area contributed by atoms with Crippen molar-refractivity contribution >= 4 is 21.6 Å². The molecule has 1 aliphatic heterocycles. The highest BCUT2D eigenvalue weighted by Gasteiger charge is 2.25. The third-order valence-electron chi connectivity index (χ3n) is 4.99. The Morgan fingerprint density at radius 1 is 1.04 bits per heavy atom. The molecule has 0 atom stereocenters. The lowest BCUT2D eigenvalue weighted by Gasteiger charge is -2.33. The molecule has 0 aliphatic carbocycles. The van der Waals surface area contributed by atoms with Crippen molar-refractivity contribution in [3.63, 3.8) is 0 Å². The van der Waals surface area contributed by atoms with Gasteiger partial charge < -0.3 is 5.32 Å². The second-order valence-electron chi connectivity index (χ2n) is 7.10. The van der Waals surface area contributed by atoms with E-state index in [0.29, 0.717) is 38.3 Å². The largest absolute Gasteiger partial charge is 0.322 e. The summed E-state index contributed by atoms with van der Waals surface area (Å²) in [5, 5.41) is 2.92. The van der Waals surface area contributed by atoms with Crippen molar-refractivity contribution in [2.75, 3.05) is 37.2 Å². The number of hydrogen-bond donors (Lipinski definition) is 1. The average Bonchev–Trinajstić information content (AvgIpc) is 2.70. The first-order valence-corrected chi connectivity index (χ1v) is 11.2. The van der Waals surface area contributed by atoms with E-state index in [0.717, 1.165) is 16.8 Å². The van der Waals surface area contributed by atoms with Crippen LogP contribution < -0.4 is 5.32 Å². The quantitative estimate of drug-likeness (QED) is 0.808. The Kier molecular flexibility index (Phi) is 6.49. The summed E-state index contributed by atoms with van der Waals surface area (Å²) >= 11 is 0. The molecular weight excluding hydrogens is 374 g/mol. The summed E-state index contributed by atoms with van der Waals surface area (Å²) in [6.07, 6.45) is 0. The molecule has 1 fully saturated rings. The van der Waals surface area contributed by atoms with Gasteiger partial charge >= 0.3 is 0 Å². The molecule has 1 aliphatic rings. The molecule has 0 aromatic heterocycles. The van der Waals surface area contributed by atoms with Gasteiger partial charge in [-0.2, -0.15) is 4.31 Å². The van der Waals surface area contributed by atoms with Crippen LogP contribution in [-0.4, -0.2) is 55.5 Å². The van der Waals surface area contributed by atoms with Gasteiger partial charge in [-0.15, -0.1) is 0 Å². The monoisotopic (exact) mass is 401 g/mol. The highest BCUT2D eigenvalue weighted by atomic mass is 32.2. The first kappa shape index (κ1) is 20.5. The molecule has 1 saturated heterocycles. The summed E-state index contributed by atoms with van der Waals surface area (Å²) in [5.74, 6) is 0.00932. The Morgan fingerprint density at radius 3 is 2.36 bits per heavy atom. The number of aryl methyl sites for hydroxylation is 1. The maximum Gasteiger partial charge on any atom is 0.255 e. The normalized spacial score (nSPS) is 16.1. The highest BCUT2D eigenvalue weighted by molar-refractivity contribution is 7.89. The third-order valence-corrected chi connectivity index (χ3v) is 6.88. The van der Waals surface area contributed by atoms with Gasteiger partial charge in [0.25, 0.3) is 5.91 Å². The summed E-state index contributed by atoms with van der Waals surface area (Å²) in [6, 6.07) is 15.3. The summed E-state index contributed by atoms with van der Waals surface area (Å²) in [5.41, 5.74) is 3.58. The molecule has 0 spiro atoms. The van der Waals surface area contributed by atoms with Crippen molar-refractivity contribution in [1.82, 2.24) is 9.21 Å². The van der Waals surface area contributed by atoms with Crippen molar-refractivity contribution in [2.24, 2.45) is 0 Å². The van der Waals surface area contributed by atoms with Crippen molar-refractivity contribution < 1.29 is 13.2 Å². The minimum atomic E-state index is -3.11. The van der Waals surface area contributed by atoms with Gasteiger partial charge in [-0.05, 0) is 43.7 Å². The minimum Gasteiger partial charge on any atom is -0.322 e. The molecule has 0 bridgehead atoms. The predicted octanol–water partition coefficient (Wildman–Crippen LogP) is 2.71. The zero-order valence-corrected chi connectivity index (χ0v) is 17.2. The number of carbonyl (C=O) groups is 1. The van der Waals surface area contributed by atoms with Crippen molar-refractivity contribution in [2.45, 2.75) is 20.4 Å². The van der Waals surface area contributed by atoms with Crippen LogP contribution in [0.2, 0.25) is 0 Å². The molecule has 1 amide bonds. The molecule has 6 nitrogen and oxygen atoms in total. The van der Waals surface area contributed by atoms with Gasteiger partial charge in [-0.3, -0.25) is 9.69 Å². The topological polar surface area (TPSA) is 69.7 Å². The van der Waals surface area contributed by atoms with Gasteiger partial charge in [0.15, 0.2) is 0 Å². The lowest BCUT2D eigenvalue weighted by atomic mass is 10.1. The van der Waals surface area contributed by atoms with E-state index in [2.05, 4.69) is 10.2 Å². The molecule has 0 unspecified atom stereocenters. The first-order chi connectivity index (χ1) is 13.4. The molecular formula is C21H27N3O3S. The number of piperazine rings is 1. The van der Waals surface area contributed by atoms with Crippen LogP contribution in [0.15, 0.2) is 48.5 Å². The molecule has 0 radical (unpaired) electrons. The number of amides is 1. The SMILES string of the molecule is CCS(=O)(=O)N1CCN(Cc2cccc(C(=O)Nc3ccc(C)cc3)c2)CC1. The number of nitrogens with one attached hydrogen (secondary N) is 1. The Hall–Kier alpha value is -2.22. The number of rotatable bonds is 6. The van der Waals surface area contributed by atoms with E-state index in [-0.39, 0.29) is 11.7 Å². The molecule has 28 heavy (non-hydrogen) atoms. The van der Waals surface area contributed by atoms with Crippen LogP contribution in [-0.2, 0) is 16.6 Å². The zero-order chi connectivity index (χ0) is 20.1. The lowest BCUT2D eigenvalue weighted by Crippen LogP contribution is -2.48. The van der Waals surface area contributed by atoms with Gasteiger partial charge in [-0.1, -0.05) is 29.8 Å².